The molecule has 1 amide bonds. The van der Waals surface area contributed by atoms with Gasteiger partial charge in [-0.25, -0.2) is 9.37 Å². The van der Waals surface area contributed by atoms with Crippen molar-refractivity contribution in [1.82, 2.24) is 19.2 Å². The van der Waals surface area contributed by atoms with Gasteiger partial charge in [-0.05, 0) is 70.2 Å². The van der Waals surface area contributed by atoms with Gasteiger partial charge in [-0.3, -0.25) is 9.59 Å². The first-order valence-electron chi connectivity index (χ1n) is 10.8. The summed E-state index contributed by atoms with van der Waals surface area (Å²) in [6.45, 7) is 4.76. The van der Waals surface area contributed by atoms with Crippen LogP contribution < -0.4 is 0 Å². The molecule has 1 atom stereocenters. The van der Waals surface area contributed by atoms with Gasteiger partial charge in [-0.2, -0.15) is 0 Å². The molecule has 0 radical (unpaired) electrons. The van der Waals surface area contributed by atoms with Gasteiger partial charge in [0.25, 0.3) is 11.7 Å². The number of aliphatic hydroxyl groups excluding tert-OH is 1. The molecule has 7 nitrogen and oxygen atoms in total. The average molecular weight is 451 g/mol. The SMILES string of the molecule is Cc1cccn2c(C)c(/C(O)=C3\C(=O)C(=O)N(CCCN(C)C)C3c3ccc(F)cc3)nc12. The van der Waals surface area contributed by atoms with Crippen LogP contribution in [0.4, 0.5) is 4.39 Å². The molecule has 172 valence electrons. The van der Waals surface area contributed by atoms with Crippen molar-refractivity contribution in [2.45, 2.75) is 26.3 Å². The Morgan fingerprint density at radius 3 is 2.48 bits per heavy atom. The highest BCUT2D eigenvalue weighted by Gasteiger charge is 2.46. The van der Waals surface area contributed by atoms with Gasteiger partial charge in [0.2, 0.25) is 0 Å². The Hall–Kier alpha value is -3.52. The standard InChI is InChI=1S/C25H27FN4O3/c1-15-7-5-13-29-16(2)20(27-24(15)29)22(31)19-21(17-8-10-18(26)11-9-17)30(25(33)23(19)32)14-6-12-28(3)4/h5,7-11,13,21,31H,6,12,14H2,1-4H3/b22-19+. The van der Waals surface area contributed by atoms with Crippen LogP contribution in [0.3, 0.4) is 0 Å². The first-order valence-corrected chi connectivity index (χ1v) is 10.8. The van der Waals surface area contributed by atoms with Crippen molar-refractivity contribution in [3.63, 3.8) is 0 Å². The van der Waals surface area contributed by atoms with Crippen LogP contribution in [0.1, 0.15) is 35.0 Å². The minimum Gasteiger partial charge on any atom is -0.505 e. The molecule has 8 heteroatoms. The molecule has 0 bridgehead atoms. The molecule has 0 spiro atoms. The normalized spacial score (nSPS) is 18.1. The number of nitrogens with zero attached hydrogens (tertiary/aromatic N) is 4. The number of fused-ring (bicyclic) bond motifs is 1. The van der Waals surface area contributed by atoms with Crippen molar-refractivity contribution in [2.24, 2.45) is 0 Å². The fourth-order valence-corrected chi connectivity index (χ4v) is 4.33. The molecule has 1 unspecified atom stereocenters. The fraction of sp³-hybridized carbons (Fsp3) is 0.320. The second kappa shape index (κ2) is 8.78. The van der Waals surface area contributed by atoms with Crippen LogP contribution in [0.2, 0.25) is 0 Å². The van der Waals surface area contributed by atoms with E-state index in [0.29, 0.717) is 29.9 Å². The average Bonchev–Trinajstić information content (AvgIpc) is 3.24. The molecule has 0 saturated carbocycles. The predicted molar refractivity (Wildman–Crippen MR) is 123 cm³/mol. The molecule has 1 aliphatic rings. The number of rotatable bonds is 6. The van der Waals surface area contributed by atoms with Gasteiger partial charge in [-0.15, -0.1) is 0 Å². The first-order chi connectivity index (χ1) is 15.7. The number of carbonyl (C=O) groups excluding carboxylic acids is 2. The van der Waals surface area contributed by atoms with Gasteiger partial charge in [0.1, 0.15) is 17.2 Å². The lowest BCUT2D eigenvalue weighted by Crippen LogP contribution is -2.32. The van der Waals surface area contributed by atoms with Gasteiger partial charge in [-0.1, -0.05) is 18.2 Å². The zero-order chi connectivity index (χ0) is 23.9. The number of ketones is 1. The van der Waals surface area contributed by atoms with Gasteiger partial charge >= 0.3 is 0 Å². The largest absolute Gasteiger partial charge is 0.505 e. The van der Waals surface area contributed by atoms with Crippen molar-refractivity contribution in [3.05, 3.63) is 76.5 Å². The van der Waals surface area contributed by atoms with E-state index in [1.54, 1.807) is 19.1 Å². The first kappa shape index (κ1) is 22.7. The van der Waals surface area contributed by atoms with E-state index in [-0.39, 0.29) is 17.0 Å². The Bertz CT molecular complexity index is 1260. The minimum atomic E-state index is -0.821. The fourth-order valence-electron chi connectivity index (χ4n) is 4.33. The Labute approximate surface area is 191 Å². The zero-order valence-corrected chi connectivity index (χ0v) is 19.2. The quantitative estimate of drug-likeness (QED) is 0.354. The Kier molecular flexibility index (Phi) is 6.03. The summed E-state index contributed by atoms with van der Waals surface area (Å²) in [5.74, 6) is -2.18. The maximum absolute atomic E-state index is 13.6. The van der Waals surface area contributed by atoms with E-state index in [2.05, 4.69) is 4.98 Å². The molecule has 1 saturated heterocycles. The van der Waals surface area contributed by atoms with Crippen LogP contribution in [-0.2, 0) is 9.59 Å². The number of likely N-dealkylation sites (tertiary alicyclic amines) is 1. The van der Waals surface area contributed by atoms with Crippen molar-refractivity contribution in [1.29, 1.82) is 0 Å². The number of aliphatic hydroxyl groups is 1. The molecule has 33 heavy (non-hydrogen) atoms. The number of aryl methyl sites for hydroxylation is 2. The van der Waals surface area contributed by atoms with Crippen LogP contribution in [0, 0.1) is 19.7 Å². The second-order valence-electron chi connectivity index (χ2n) is 8.63. The van der Waals surface area contributed by atoms with E-state index in [0.717, 1.165) is 12.1 Å². The smallest absolute Gasteiger partial charge is 0.295 e. The monoisotopic (exact) mass is 450 g/mol. The molecule has 1 N–H and O–H groups in total. The maximum atomic E-state index is 13.6. The number of aromatic nitrogens is 2. The van der Waals surface area contributed by atoms with Crippen LogP contribution in [0.15, 0.2) is 48.2 Å². The number of benzene rings is 1. The lowest BCUT2D eigenvalue weighted by Gasteiger charge is -2.25. The molecule has 0 aliphatic carbocycles. The molecule has 3 heterocycles. The number of imidazole rings is 1. The molecule has 1 aliphatic heterocycles. The summed E-state index contributed by atoms with van der Waals surface area (Å²) in [5, 5.41) is 11.3. The third kappa shape index (κ3) is 4.02. The molecule has 1 fully saturated rings. The van der Waals surface area contributed by atoms with Gasteiger partial charge in [0, 0.05) is 12.7 Å². The number of hydrogen-bond donors (Lipinski definition) is 1. The van der Waals surface area contributed by atoms with E-state index in [1.165, 1.54) is 17.0 Å². The molecule has 3 aromatic rings. The van der Waals surface area contributed by atoms with Crippen LogP contribution >= 0.6 is 0 Å². The lowest BCUT2D eigenvalue weighted by atomic mass is 9.96. The summed E-state index contributed by atoms with van der Waals surface area (Å²) in [5.41, 5.74) is 3.01. The minimum absolute atomic E-state index is 0.0272. The summed E-state index contributed by atoms with van der Waals surface area (Å²) < 4.78 is 15.5. The second-order valence-corrected chi connectivity index (χ2v) is 8.63. The highest BCUT2D eigenvalue weighted by molar-refractivity contribution is 6.46. The molecule has 1 aromatic carbocycles. The number of Topliss-reactive ketones (excluding diaryl/α,β-unsaturated/α-hetero) is 1. The Morgan fingerprint density at radius 1 is 1.15 bits per heavy atom. The number of hydrogen-bond acceptors (Lipinski definition) is 5. The third-order valence-electron chi connectivity index (χ3n) is 6.04. The van der Waals surface area contributed by atoms with Crippen molar-refractivity contribution >= 4 is 23.1 Å². The highest BCUT2D eigenvalue weighted by Crippen LogP contribution is 2.40. The number of carbonyl (C=O) groups is 2. The third-order valence-corrected chi connectivity index (χ3v) is 6.04. The number of pyridine rings is 1. The van der Waals surface area contributed by atoms with Crippen molar-refractivity contribution < 1.29 is 19.1 Å². The molecule has 2 aromatic heterocycles. The number of halogens is 1. The van der Waals surface area contributed by atoms with Crippen molar-refractivity contribution in [2.75, 3.05) is 27.2 Å². The summed E-state index contributed by atoms with van der Waals surface area (Å²) in [7, 11) is 3.86. The van der Waals surface area contributed by atoms with Crippen LogP contribution in [0.5, 0.6) is 0 Å². The van der Waals surface area contributed by atoms with Gasteiger partial charge in [0.05, 0.1) is 17.3 Å². The highest BCUT2D eigenvalue weighted by atomic mass is 19.1. The van der Waals surface area contributed by atoms with Gasteiger partial charge in [0.15, 0.2) is 5.76 Å². The topological polar surface area (TPSA) is 78.2 Å². The molecular weight excluding hydrogens is 423 g/mol. The molecular formula is C25H27FN4O3. The van der Waals surface area contributed by atoms with Crippen LogP contribution in [-0.4, -0.2) is 63.2 Å². The predicted octanol–water partition coefficient (Wildman–Crippen LogP) is 3.46. The van der Waals surface area contributed by atoms with E-state index < -0.39 is 23.5 Å². The number of amides is 1. The van der Waals surface area contributed by atoms with Crippen molar-refractivity contribution in [3.8, 4) is 0 Å². The van der Waals surface area contributed by atoms with Crippen LogP contribution in [0.25, 0.3) is 11.4 Å². The summed E-state index contributed by atoms with van der Waals surface area (Å²) >= 11 is 0. The van der Waals surface area contributed by atoms with E-state index in [9.17, 15) is 19.1 Å². The summed E-state index contributed by atoms with van der Waals surface area (Å²) in [6.07, 6.45) is 2.48. The Balaban J connectivity index is 1.87. The van der Waals surface area contributed by atoms with E-state index in [4.69, 9.17) is 0 Å². The Morgan fingerprint density at radius 2 is 1.85 bits per heavy atom. The van der Waals surface area contributed by atoms with Gasteiger partial charge < -0.3 is 19.3 Å². The lowest BCUT2D eigenvalue weighted by molar-refractivity contribution is -0.139. The van der Waals surface area contributed by atoms with E-state index >= 15 is 0 Å². The summed E-state index contributed by atoms with van der Waals surface area (Å²) in [6, 6.07) is 8.62. The maximum Gasteiger partial charge on any atom is 0.295 e. The zero-order valence-electron chi connectivity index (χ0n) is 19.2. The van der Waals surface area contributed by atoms with E-state index in [1.807, 2.05) is 48.6 Å². The molecule has 4 rings (SSSR count). The summed E-state index contributed by atoms with van der Waals surface area (Å²) in [4.78, 5) is 34.2.